The predicted molar refractivity (Wildman–Crippen MR) is 65.9 cm³/mol. The molecule has 4 heteroatoms. The summed E-state index contributed by atoms with van der Waals surface area (Å²) in [7, 11) is 0. The Bertz CT molecular complexity index is 435. The van der Waals surface area contributed by atoms with Crippen molar-refractivity contribution < 1.29 is 9.18 Å². The molecule has 0 spiro atoms. The lowest BCUT2D eigenvalue weighted by atomic mass is 10.1. The molecule has 1 atom stereocenters. The molecule has 1 aliphatic heterocycles. The van der Waals surface area contributed by atoms with Gasteiger partial charge in [-0.25, -0.2) is 4.39 Å². The highest BCUT2D eigenvalue weighted by Gasteiger charge is 2.26. The minimum Gasteiger partial charge on any atom is -0.338 e. The molecule has 1 fully saturated rings. The van der Waals surface area contributed by atoms with Crippen LogP contribution in [0.2, 0.25) is 0 Å². The third kappa shape index (κ3) is 2.60. The van der Waals surface area contributed by atoms with E-state index in [0.717, 1.165) is 6.42 Å². The van der Waals surface area contributed by atoms with Gasteiger partial charge in [0.25, 0.3) is 5.91 Å². The fraction of sp³-hybridized carbons (Fsp3) is 0.462. The Morgan fingerprint density at radius 2 is 2.35 bits per heavy atom. The van der Waals surface area contributed by atoms with E-state index < -0.39 is 0 Å². The molecule has 0 saturated carbocycles. The number of halogens is 2. The Morgan fingerprint density at radius 1 is 1.59 bits per heavy atom. The molecule has 1 aliphatic rings. The first-order chi connectivity index (χ1) is 8.11. The van der Waals surface area contributed by atoms with Crippen LogP contribution in [0.15, 0.2) is 18.2 Å². The average Bonchev–Trinajstić information content (AvgIpc) is 2.80. The van der Waals surface area contributed by atoms with Crippen LogP contribution >= 0.6 is 11.6 Å². The fourth-order valence-electron chi connectivity index (χ4n) is 2.05. The summed E-state index contributed by atoms with van der Waals surface area (Å²) in [5, 5.41) is 0. The van der Waals surface area contributed by atoms with E-state index in [2.05, 4.69) is 0 Å². The van der Waals surface area contributed by atoms with Crippen LogP contribution in [0.1, 0.15) is 22.3 Å². The maximum atomic E-state index is 13.4. The van der Waals surface area contributed by atoms with E-state index in [1.165, 1.54) is 6.07 Å². The average molecular weight is 256 g/mol. The molecule has 1 amide bonds. The second kappa shape index (κ2) is 5.05. The summed E-state index contributed by atoms with van der Waals surface area (Å²) in [5.74, 6) is 0.517. The van der Waals surface area contributed by atoms with Gasteiger partial charge in [0.05, 0.1) is 0 Å². The van der Waals surface area contributed by atoms with E-state index in [-0.39, 0.29) is 11.7 Å². The van der Waals surface area contributed by atoms with Crippen molar-refractivity contribution in [2.24, 2.45) is 5.92 Å². The lowest BCUT2D eigenvalue weighted by Gasteiger charge is -2.16. The lowest BCUT2D eigenvalue weighted by Crippen LogP contribution is -2.29. The molecule has 17 heavy (non-hydrogen) atoms. The molecule has 1 aromatic carbocycles. The topological polar surface area (TPSA) is 20.3 Å². The number of hydrogen-bond acceptors (Lipinski definition) is 1. The number of rotatable bonds is 2. The van der Waals surface area contributed by atoms with E-state index in [4.69, 9.17) is 11.6 Å². The lowest BCUT2D eigenvalue weighted by molar-refractivity contribution is 0.0788. The Kier molecular flexibility index (Phi) is 3.67. The Balaban J connectivity index is 2.12. The van der Waals surface area contributed by atoms with Crippen molar-refractivity contribution in [1.29, 1.82) is 0 Å². The van der Waals surface area contributed by atoms with Crippen molar-refractivity contribution >= 4 is 17.5 Å². The largest absolute Gasteiger partial charge is 0.338 e. The van der Waals surface area contributed by atoms with Gasteiger partial charge >= 0.3 is 0 Å². The van der Waals surface area contributed by atoms with Crippen molar-refractivity contribution in [2.75, 3.05) is 19.0 Å². The molecule has 0 bridgehead atoms. The van der Waals surface area contributed by atoms with Gasteiger partial charge in [0, 0.05) is 24.5 Å². The van der Waals surface area contributed by atoms with Crippen LogP contribution in [0.4, 0.5) is 4.39 Å². The maximum Gasteiger partial charge on any atom is 0.253 e. The van der Waals surface area contributed by atoms with Gasteiger partial charge in [-0.1, -0.05) is 6.07 Å². The number of aryl methyl sites for hydroxylation is 1. The predicted octanol–water partition coefficient (Wildman–Crippen LogP) is 2.84. The molecule has 92 valence electrons. The van der Waals surface area contributed by atoms with Gasteiger partial charge in [-0.3, -0.25) is 4.79 Å². The van der Waals surface area contributed by atoms with Crippen LogP contribution in [0.5, 0.6) is 0 Å². The number of benzene rings is 1. The van der Waals surface area contributed by atoms with E-state index in [1.54, 1.807) is 24.0 Å². The van der Waals surface area contributed by atoms with Crippen LogP contribution in [0.3, 0.4) is 0 Å². The molecule has 1 heterocycles. The number of amides is 1. The van der Waals surface area contributed by atoms with Crippen LogP contribution < -0.4 is 0 Å². The summed E-state index contributed by atoms with van der Waals surface area (Å²) in [4.78, 5) is 13.8. The highest BCUT2D eigenvalue weighted by molar-refractivity contribution is 6.18. The van der Waals surface area contributed by atoms with E-state index in [1.807, 2.05) is 0 Å². The number of carbonyl (C=O) groups excluding carboxylic acids is 1. The third-order valence-corrected chi connectivity index (χ3v) is 3.65. The Labute approximate surface area is 105 Å². The van der Waals surface area contributed by atoms with E-state index >= 15 is 0 Å². The van der Waals surface area contributed by atoms with Crippen molar-refractivity contribution in [2.45, 2.75) is 13.3 Å². The molecular formula is C13H15ClFNO. The molecule has 2 nitrogen and oxygen atoms in total. The standard InChI is InChI=1S/C13H15ClFNO/c1-9-2-3-11(6-12(9)15)13(17)16-5-4-10(7-14)8-16/h2-3,6,10H,4-5,7-8H2,1H3. The molecule has 0 aliphatic carbocycles. The second-order valence-corrected chi connectivity index (χ2v) is 4.83. The molecule has 0 N–H and O–H groups in total. The van der Waals surface area contributed by atoms with Crippen LogP contribution in [-0.4, -0.2) is 29.8 Å². The van der Waals surface area contributed by atoms with Gasteiger partial charge in [-0.05, 0) is 37.0 Å². The number of carbonyl (C=O) groups is 1. The highest BCUT2D eigenvalue weighted by Crippen LogP contribution is 2.20. The first-order valence-electron chi connectivity index (χ1n) is 5.73. The molecule has 1 unspecified atom stereocenters. The van der Waals surface area contributed by atoms with Gasteiger partial charge < -0.3 is 4.90 Å². The number of nitrogens with zero attached hydrogens (tertiary/aromatic N) is 1. The van der Waals surface area contributed by atoms with E-state index in [9.17, 15) is 9.18 Å². The first-order valence-corrected chi connectivity index (χ1v) is 6.26. The van der Waals surface area contributed by atoms with Gasteiger partial charge in [-0.15, -0.1) is 11.6 Å². The summed E-state index contributed by atoms with van der Waals surface area (Å²) in [5.41, 5.74) is 0.977. The first kappa shape index (κ1) is 12.4. The molecule has 1 aromatic rings. The third-order valence-electron chi connectivity index (χ3n) is 3.21. The maximum absolute atomic E-state index is 13.4. The van der Waals surface area contributed by atoms with Gasteiger partial charge in [0.15, 0.2) is 0 Å². The Morgan fingerprint density at radius 3 is 2.94 bits per heavy atom. The molecule has 0 aromatic heterocycles. The smallest absolute Gasteiger partial charge is 0.253 e. The quantitative estimate of drug-likeness (QED) is 0.744. The van der Waals surface area contributed by atoms with Crippen molar-refractivity contribution in [3.05, 3.63) is 35.1 Å². The fourth-order valence-corrected chi connectivity index (χ4v) is 2.30. The van der Waals surface area contributed by atoms with E-state index in [0.29, 0.717) is 36.0 Å². The summed E-state index contributed by atoms with van der Waals surface area (Å²) in [6, 6.07) is 4.62. The summed E-state index contributed by atoms with van der Waals surface area (Å²) in [6.07, 6.45) is 0.934. The number of alkyl halides is 1. The minimum atomic E-state index is -0.330. The minimum absolute atomic E-state index is 0.100. The molecular weight excluding hydrogens is 241 g/mol. The van der Waals surface area contributed by atoms with Crippen LogP contribution in [-0.2, 0) is 0 Å². The van der Waals surface area contributed by atoms with Gasteiger partial charge in [0.1, 0.15) is 5.82 Å². The zero-order chi connectivity index (χ0) is 12.4. The SMILES string of the molecule is Cc1ccc(C(=O)N2CCC(CCl)C2)cc1F. The highest BCUT2D eigenvalue weighted by atomic mass is 35.5. The van der Waals surface area contributed by atoms with Crippen molar-refractivity contribution in [3.8, 4) is 0 Å². The van der Waals surface area contributed by atoms with Crippen molar-refractivity contribution in [1.82, 2.24) is 4.90 Å². The Hall–Kier alpha value is -1.09. The zero-order valence-corrected chi connectivity index (χ0v) is 10.5. The molecule has 2 rings (SSSR count). The number of likely N-dealkylation sites (tertiary alicyclic amines) is 1. The molecule has 1 saturated heterocycles. The molecule has 0 radical (unpaired) electrons. The van der Waals surface area contributed by atoms with Gasteiger partial charge in [-0.2, -0.15) is 0 Å². The van der Waals surface area contributed by atoms with Crippen LogP contribution in [0, 0.1) is 18.7 Å². The summed E-state index contributed by atoms with van der Waals surface area (Å²) in [6.45, 7) is 3.08. The van der Waals surface area contributed by atoms with Gasteiger partial charge in [0.2, 0.25) is 0 Å². The second-order valence-electron chi connectivity index (χ2n) is 4.52. The monoisotopic (exact) mass is 255 g/mol. The number of hydrogen-bond donors (Lipinski definition) is 0. The van der Waals surface area contributed by atoms with Crippen LogP contribution in [0.25, 0.3) is 0 Å². The van der Waals surface area contributed by atoms with Crippen molar-refractivity contribution in [3.63, 3.8) is 0 Å². The normalized spacial score (nSPS) is 19.7. The summed E-state index contributed by atoms with van der Waals surface area (Å²) >= 11 is 5.77. The zero-order valence-electron chi connectivity index (χ0n) is 9.75. The summed E-state index contributed by atoms with van der Waals surface area (Å²) < 4.78 is 13.4.